The van der Waals surface area contributed by atoms with Crippen LogP contribution in [0.2, 0.25) is 0 Å². The van der Waals surface area contributed by atoms with Crippen molar-refractivity contribution in [3.63, 3.8) is 0 Å². The Morgan fingerprint density at radius 1 is 1.12 bits per heavy atom. The molecule has 6 heteroatoms. The first kappa shape index (κ1) is 17.4. The van der Waals surface area contributed by atoms with E-state index in [0.717, 1.165) is 23.3 Å². The highest BCUT2D eigenvalue weighted by molar-refractivity contribution is 7.17. The molecule has 25 heavy (non-hydrogen) atoms. The van der Waals surface area contributed by atoms with E-state index in [0.29, 0.717) is 23.3 Å². The highest BCUT2D eigenvalue weighted by atomic mass is 32.1. The second-order valence-electron chi connectivity index (χ2n) is 6.41. The predicted molar refractivity (Wildman–Crippen MR) is 97.6 cm³/mol. The van der Waals surface area contributed by atoms with Crippen LogP contribution in [0, 0.1) is 0 Å². The first-order chi connectivity index (χ1) is 11.9. The van der Waals surface area contributed by atoms with E-state index in [-0.39, 0.29) is 11.7 Å². The molecule has 1 aliphatic carbocycles. The summed E-state index contributed by atoms with van der Waals surface area (Å²) in [7, 11) is 0. The molecule has 3 rings (SSSR count). The van der Waals surface area contributed by atoms with Crippen molar-refractivity contribution in [3.8, 4) is 10.4 Å². The van der Waals surface area contributed by atoms with E-state index >= 15 is 0 Å². The zero-order chi connectivity index (χ0) is 18.0. The molecule has 0 saturated heterocycles. The van der Waals surface area contributed by atoms with Gasteiger partial charge in [-0.25, -0.2) is 0 Å². The normalized spacial score (nSPS) is 15.7. The highest BCUT2D eigenvalue weighted by Gasteiger charge is 2.41. The molecule has 0 radical (unpaired) electrons. The number of carbonyl (C=O) groups is 3. The first-order valence-corrected chi connectivity index (χ1v) is 9.06. The van der Waals surface area contributed by atoms with E-state index in [1.807, 2.05) is 12.1 Å². The van der Waals surface area contributed by atoms with Gasteiger partial charge in [0.05, 0.1) is 4.88 Å². The predicted octanol–water partition coefficient (Wildman–Crippen LogP) is 3.15. The summed E-state index contributed by atoms with van der Waals surface area (Å²) in [6.07, 6.45) is 2.93. The van der Waals surface area contributed by atoms with Crippen LogP contribution < -0.4 is 11.1 Å². The maximum atomic E-state index is 12.6. The number of Topliss-reactive ketones (excluding diaryl/α,β-unsaturated/α-hetero) is 1. The average molecular weight is 356 g/mol. The fraction of sp³-hybridized carbons (Fsp3) is 0.316. The van der Waals surface area contributed by atoms with Crippen molar-refractivity contribution in [2.75, 3.05) is 0 Å². The van der Waals surface area contributed by atoms with Gasteiger partial charge in [0.15, 0.2) is 5.78 Å². The topological polar surface area (TPSA) is 89.3 Å². The molecule has 1 aromatic heterocycles. The van der Waals surface area contributed by atoms with Gasteiger partial charge in [0.25, 0.3) is 5.91 Å². The lowest BCUT2D eigenvalue weighted by molar-refractivity contribution is -0.123. The molecule has 1 aromatic carbocycles. The number of rotatable bonds is 5. The summed E-state index contributed by atoms with van der Waals surface area (Å²) in [5.74, 6) is -0.750. The molecular weight excluding hydrogens is 336 g/mol. The van der Waals surface area contributed by atoms with E-state index in [1.54, 1.807) is 24.3 Å². The Labute approximate surface area is 150 Å². The lowest BCUT2D eigenvalue weighted by atomic mass is 9.96. The van der Waals surface area contributed by atoms with E-state index in [2.05, 4.69) is 5.32 Å². The van der Waals surface area contributed by atoms with E-state index in [4.69, 9.17) is 5.73 Å². The van der Waals surface area contributed by atoms with Gasteiger partial charge in [-0.15, -0.1) is 11.3 Å². The summed E-state index contributed by atoms with van der Waals surface area (Å²) in [5.41, 5.74) is 5.93. The second-order valence-corrected chi connectivity index (χ2v) is 7.49. The third-order valence-electron chi connectivity index (χ3n) is 4.64. The zero-order valence-corrected chi connectivity index (χ0v) is 14.8. The number of carbonyl (C=O) groups excluding carboxylic acids is 3. The van der Waals surface area contributed by atoms with Crippen molar-refractivity contribution in [2.45, 2.75) is 38.1 Å². The number of nitrogens with one attached hydrogen (secondary N) is 1. The van der Waals surface area contributed by atoms with Crippen LogP contribution in [0.3, 0.4) is 0 Å². The van der Waals surface area contributed by atoms with E-state index < -0.39 is 11.4 Å². The van der Waals surface area contributed by atoms with E-state index in [1.165, 1.54) is 18.3 Å². The largest absolute Gasteiger partial charge is 0.368 e. The lowest BCUT2D eigenvalue weighted by Gasteiger charge is -2.26. The van der Waals surface area contributed by atoms with Crippen LogP contribution in [0.5, 0.6) is 0 Å². The van der Waals surface area contributed by atoms with Crippen LogP contribution in [0.4, 0.5) is 0 Å². The van der Waals surface area contributed by atoms with Crippen LogP contribution in [-0.2, 0) is 4.79 Å². The molecule has 0 aliphatic heterocycles. The molecule has 1 heterocycles. The molecule has 3 N–H and O–H groups in total. The van der Waals surface area contributed by atoms with Gasteiger partial charge in [-0.1, -0.05) is 25.0 Å². The fourth-order valence-corrected chi connectivity index (χ4v) is 4.09. The number of benzene rings is 1. The molecule has 0 spiro atoms. The Bertz CT molecular complexity index is 835. The fourth-order valence-electron chi connectivity index (χ4n) is 3.20. The third-order valence-corrected chi connectivity index (χ3v) is 5.88. The smallest absolute Gasteiger partial charge is 0.252 e. The van der Waals surface area contributed by atoms with Crippen LogP contribution in [-0.4, -0.2) is 23.1 Å². The molecule has 1 aliphatic rings. The monoisotopic (exact) mass is 356 g/mol. The molecule has 5 nitrogen and oxygen atoms in total. The molecular formula is C19H20N2O3S. The Morgan fingerprint density at radius 2 is 1.84 bits per heavy atom. The maximum Gasteiger partial charge on any atom is 0.252 e. The third kappa shape index (κ3) is 3.49. The van der Waals surface area contributed by atoms with E-state index in [9.17, 15) is 14.4 Å². The van der Waals surface area contributed by atoms with Crippen molar-refractivity contribution >= 4 is 28.9 Å². The molecule has 1 fully saturated rings. The van der Waals surface area contributed by atoms with Gasteiger partial charge < -0.3 is 11.1 Å². The molecule has 1 saturated carbocycles. The van der Waals surface area contributed by atoms with Crippen molar-refractivity contribution in [3.05, 3.63) is 46.8 Å². The summed E-state index contributed by atoms with van der Waals surface area (Å²) in [6, 6.07) is 10.8. The van der Waals surface area contributed by atoms with Gasteiger partial charge in [0.2, 0.25) is 5.91 Å². The number of hydrogen-bond acceptors (Lipinski definition) is 4. The molecule has 0 bridgehead atoms. The number of hydrogen-bond donors (Lipinski definition) is 2. The zero-order valence-electron chi connectivity index (χ0n) is 14.0. The van der Waals surface area contributed by atoms with Crippen LogP contribution in [0.25, 0.3) is 10.4 Å². The number of primary amides is 1. The molecule has 2 amide bonds. The minimum atomic E-state index is -0.933. The van der Waals surface area contributed by atoms with Crippen molar-refractivity contribution in [1.82, 2.24) is 5.32 Å². The Kier molecular flexibility index (Phi) is 4.72. The number of ketones is 1. The van der Waals surface area contributed by atoms with Gasteiger partial charge in [0, 0.05) is 10.4 Å². The minimum Gasteiger partial charge on any atom is -0.368 e. The van der Waals surface area contributed by atoms with Crippen LogP contribution in [0.15, 0.2) is 36.4 Å². The summed E-state index contributed by atoms with van der Waals surface area (Å²) in [4.78, 5) is 37.5. The molecule has 2 aromatic rings. The average Bonchev–Trinajstić information content (AvgIpc) is 3.25. The summed E-state index contributed by atoms with van der Waals surface area (Å²) in [6.45, 7) is 1.53. The first-order valence-electron chi connectivity index (χ1n) is 8.25. The number of amides is 2. The Morgan fingerprint density at radius 3 is 2.44 bits per heavy atom. The summed E-state index contributed by atoms with van der Waals surface area (Å²) < 4.78 is 0. The number of nitrogens with two attached hydrogens (primary N) is 1. The maximum absolute atomic E-state index is 12.6. The van der Waals surface area contributed by atoms with Gasteiger partial charge in [-0.2, -0.15) is 0 Å². The second kappa shape index (κ2) is 6.80. The van der Waals surface area contributed by atoms with Crippen LogP contribution in [0.1, 0.15) is 52.6 Å². The van der Waals surface area contributed by atoms with Gasteiger partial charge in [-0.3, -0.25) is 14.4 Å². The summed E-state index contributed by atoms with van der Waals surface area (Å²) >= 11 is 1.40. The van der Waals surface area contributed by atoms with Crippen molar-refractivity contribution < 1.29 is 14.4 Å². The molecule has 0 atom stereocenters. The van der Waals surface area contributed by atoms with Crippen molar-refractivity contribution in [2.24, 2.45) is 5.73 Å². The lowest BCUT2D eigenvalue weighted by Crippen LogP contribution is -2.55. The SMILES string of the molecule is CC(=O)c1ccc(-c2cccc(C(=O)NC3(C(N)=O)CCCC3)c2)s1. The quantitative estimate of drug-likeness (QED) is 0.807. The minimum absolute atomic E-state index is 0.0229. The van der Waals surface area contributed by atoms with Crippen molar-refractivity contribution in [1.29, 1.82) is 0 Å². The summed E-state index contributed by atoms with van der Waals surface area (Å²) in [5, 5.41) is 2.85. The molecule has 130 valence electrons. The van der Waals surface area contributed by atoms with Gasteiger partial charge >= 0.3 is 0 Å². The standard InChI is InChI=1S/C19H20N2O3S/c1-12(22)15-7-8-16(25-15)13-5-4-6-14(11-13)17(23)21-19(18(20)24)9-2-3-10-19/h4-8,11H,2-3,9-10H2,1H3,(H2,20,24)(H,21,23). The Balaban J connectivity index is 1.84. The Hall–Kier alpha value is -2.47. The number of thiophene rings is 1. The van der Waals surface area contributed by atoms with Gasteiger partial charge in [0.1, 0.15) is 5.54 Å². The van der Waals surface area contributed by atoms with Gasteiger partial charge in [-0.05, 0) is 49.6 Å². The molecule has 0 unspecified atom stereocenters. The van der Waals surface area contributed by atoms with Crippen LogP contribution >= 0.6 is 11.3 Å². The highest BCUT2D eigenvalue weighted by Crippen LogP contribution is 2.31.